The molecule has 0 radical (unpaired) electrons. The molecular formula is C50H52O15. The predicted molar refractivity (Wildman–Crippen MR) is 230 cm³/mol. The maximum atomic E-state index is 15.9. The number of benzene rings is 3. The topological polar surface area (TPSA) is 204 Å². The molecule has 0 amide bonds. The highest BCUT2D eigenvalue weighted by Crippen LogP contribution is 2.65. The zero-order valence-electron chi connectivity index (χ0n) is 37.4. The molecule has 1 saturated heterocycles. The van der Waals surface area contributed by atoms with Gasteiger partial charge in [-0.3, -0.25) is 24.0 Å². The fourth-order valence-electron chi connectivity index (χ4n) is 10.4. The van der Waals surface area contributed by atoms with Crippen molar-refractivity contribution < 1.29 is 71.8 Å². The Hall–Kier alpha value is -6.45. The molecule has 3 aromatic rings. The number of ketones is 2. The average Bonchev–Trinajstić information content (AvgIpc) is 3.26. The molecule has 0 aromatic heterocycles. The highest BCUT2D eigenvalue weighted by Gasteiger charge is 2.79. The maximum absolute atomic E-state index is 15.9. The van der Waals surface area contributed by atoms with Gasteiger partial charge in [0.25, 0.3) is 0 Å². The second kappa shape index (κ2) is 17.5. The first-order chi connectivity index (χ1) is 30.7. The lowest BCUT2D eigenvalue weighted by molar-refractivity contribution is -0.346. The van der Waals surface area contributed by atoms with Gasteiger partial charge in [-0.1, -0.05) is 74.5 Å². The van der Waals surface area contributed by atoms with Gasteiger partial charge in [-0.05, 0) is 54.8 Å². The summed E-state index contributed by atoms with van der Waals surface area (Å²) < 4.78 is 42.0. The Morgan fingerprint density at radius 1 is 0.785 bits per heavy atom. The van der Waals surface area contributed by atoms with E-state index in [1.54, 1.807) is 81.4 Å². The maximum Gasteiger partial charge on any atom is 0.338 e. The number of carbonyl (C=O) groups excluding carboxylic acids is 7. The zero-order valence-corrected chi connectivity index (χ0v) is 37.4. The van der Waals surface area contributed by atoms with Gasteiger partial charge in [0.05, 0.1) is 30.6 Å². The van der Waals surface area contributed by atoms with E-state index in [4.69, 9.17) is 33.2 Å². The number of fused-ring (bicyclic) bond motifs is 5. The van der Waals surface area contributed by atoms with Crippen LogP contribution in [0.3, 0.4) is 0 Å². The fraction of sp³-hybridized carbons (Fsp3) is 0.420. The van der Waals surface area contributed by atoms with Crippen LogP contribution >= 0.6 is 0 Å². The van der Waals surface area contributed by atoms with E-state index in [1.807, 2.05) is 6.07 Å². The molecule has 1 N–H and O–H groups in total. The van der Waals surface area contributed by atoms with Crippen molar-refractivity contribution in [3.05, 3.63) is 118 Å². The summed E-state index contributed by atoms with van der Waals surface area (Å²) in [5.41, 5.74) is -5.96. The second-order valence-electron chi connectivity index (χ2n) is 17.8. The van der Waals surface area contributed by atoms with Gasteiger partial charge in [0.15, 0.2) is 23.3 Å². The lowest BCUT2D eigenvalue weighted by atomic mass is 9.44. The van der Waals surface area contributed by atoms with Gasteiger partial charge in [-0.2, -0.15) is 0 Å². The van der Waals surface area contributed by atoms with E-state index in [0.29, 0.717) is 28.0 Å². The predicted octanol–water partition coefficient (Wildman–Crippen LogP) is 5.73. The van der Waals surface area contributed by atoms with Gasteiger partial charge in [-0.15, -0.1) is 0 Å². The van der Waals surface area contributed by atoms with Crippen LogP contribution < -0.4 is 4.74 Å². The van der Waals surface area contributed by atoms with Gasteiger partial charge >= 0.3 is 29.8 Å². The van der Waals surface area contributed by atoms with Crippen LogP contribution in [0.15, 0.2) is 96.1 Å². The molecule has 3 fully saturated rings. The van der Waals surface area contributed by atoms with E-state index in [0.717, 1.165) is 19.9 Å². The summed E-state index contributed by atoms with van der Waals surface area (Å²) in [5, 5.41) is 13.7. The number of hydrogen-bond donors (Lipinski definition) is 1. The van der Waals surface area contributed by atoms with Crippen molar-refractivity contribution in [2.24, 2.45) is 16.7 Å². The number of ether oxygens (including phenoxy) is 7. The first-order valence-electron chi connectivity index (χ1n) is 21.2. The minimum Gasteiger partial charge on any atom is -0.497 e. The van der Waals surface area contributed by atoms with Crippen LogP contribution in [0.25, 0.3) is 6.08 Å². The van der Waals surface area contributed by atoms with Crippen molar-refractivity contribution in [3.8, 4) is 5.75 Å². The Morgan fingerprint density at radius 2 is 1.43 bits per heavy atom. The van der Waals surface area contributed by atoms with Crippen molar-refractivity contribution >= 4 is 47.5 Å². The molecule has 1 heterocycles. The molecule has 0 spiro atoms. The summed E-state index contributed by atoms with van der Waals surface area (Å²) >= 11 is 0. The monoisotopic (exact) mass is 892 g/mol. The molecule has 9 atom stereocenters. The molecule has 65 heavy (non-hydrogen) atoms. The van der Waals surface area contributed by atoms with Gasteiger partial charge in [0, 0.05) is 56.2 Å². The molecule has 7 rings (SSSR count). The van der Waals surface area contributed by atoms with Crippen molar-refractivity contribution in [2.45, 2.75) is 103 Å². The van der Waals surface area contributed by atoms with E-state index in [1.165, 1.54) is 39.2 Å². The summed E-state index contributed by atoms with van der Waals surface area (Å²) in [6.45, 7) is 9.34. The number of rotatable bonds is 11. The Morgan fingerprint density at radius 3 is 2.03 bits per heavy atom. The van der Waals surface area contributed by atoms with Crippen molar-refractivity contribution in [1.82, 2.24) is 0 Å². The third-order valence-corrected chi connectivity index (χ3v) is 13.6. The third kappa shape index (κ3) is 8.16. The van der Waals surface area contributed by atoms with E-state index in [2.05, 4.69) is 0 Å². The lowest BCUT2D eigenvalue weighted by Crippen LogP contribution is -2.82. The molecular weight excluding hydrogens is 841 g/mol. The fourth-order valence-corrected chi connectivity index (χ4v) is 10.4. The van der Waals surface area contributed by atoms with Crippen molar-refractivity contribution in [1.29, 1.82) is 0 Å². The van der Waals surface area contributed by atoms with E-state index >= 15 is 4.79 Å². The molecule has 3 aliphatic carbocycles. The Labute approximate surface area is 376 Å². The number of aliphatic hydroxyl groups is 1. The molecule has 15 heteroatoms. The summed E-state index contributed by atoms with van der Waals surface area (Å²) in [7, 11) is 1.41. The Balaban J connectivity index is 1.38. The highest BCUT2D eigenvalue weighted by atomic mass is 16.6. The first kappa shape index (κ1) is 46.5. The van der Waals surface area contributed by atoms with E-state index < -0.39 is 101 Å². The van der Waals surface area contributed by atoms with Crippen LogP contribution in [0, 0.1) is 16.7 Å². The zero-order chi connectivity index (χ0) is 47.2. The number of esters is 5. The van der Waals surface area contributed by atoms with Crippen molar-refractivity contribution in [3.63, 3.8) is 0 Å². The molecule has 4 aliphatic rings. The highest BCUT2D eigenvalue weighted by molar-refractivity contribution is 6.09. The quantitative estimate of drug-likeness (QED) is 0.0803. The second-order valence-corrected chi connectivity index (χ2v) is 17.8. The lowest BCUT2D eigenvalue weighted by Gasteiger charge is -2.67. The SMILES string of the molecule is COc1cccc(C(=O)O[C@H]2[C@@H]3[C@]4(OC(C)=O)CO[C@@H]4C[C@H](OC(=O)/C=C/c4ccc(C(=O)c5ccccc5)cc4)[C@@]3(C)C(=O)[C@H](OC(C)=O)C3=C(C)[C@@H](OC(C)=O)C[C@]2(O)C3(C)C)c1. The number of Topliss-reactive ketones (excluding diaryl/α,β-unsaturated/α-hetero) is 1. The number of carbonyl (C=O) groups is 7. The van der Waals surface area contributed by atoms with Gasteiger partial charge in [0.1, 0.15) is 35.8 Å². The van der Waals surface area contributed by atoms with Crippen LogP contribution in [0.4, 0.5) is 0 Å². The summed E-state index contributed by atoms with van der Waals surface area (Å²) in [6, 6.07) is 21.4. The van der Waals surface area contributed by atoms with E-state index in [-0.39, 0.29) is 29.9 Å². The molecule has 342 valence electrons. The smallest absolute Gasteiger partial charge is 0.338 e. The minimum atomic E-state index is -2.31. The first-order valence-corrected chi connectivity index (χ1v) is 21.2. The molecule has 2 bridgehead atoms. The van der Waals surface area contributed by atoms with Crippen LogP contribution in [-0.2, 0) is 52.4 Å². The summed E-state index contributed by atoms with van der Waals surface area (Å²) in [4.78, 5) is 96.4. The van der Waals surface area contributed by atoms with Crippen LogP contribution in [0.5, 0.6) is 5.75 Å². The minimum absolute atomic E-state index is 0.00209. The summed E-state index contributed by atoms with van der Waals surface area (Å²) in [6.07, 6.45) is -5.37. The standard InChI is InChI=1S/C50H52O15/c1-27-36(61-28(2)51)25-50(58)45(64-46(57)34-15-12-16-35(23-34)59-8)43-48(7,44(56)42(62-29(3)52)40(27)47(50,5)6)37(24-38-49(43,26-60-38)65-30(4)53)63-39(54)22-19-31-17-20-33(21-18-31)41(55)32-13-10-9-11-14-32/h9-23,36-38,42-43,45,58H,24-26H2,1-8H3/b22-19+/t36-,37-,38+,42+,43-,45-,48+,49-,50+/m0/s1. The molecule has 3 aromatic carbocycles. The molecule has 0 unspecified atom stereocenters. The number of methoxy groups -OCH3 is 1. The van der Waals surface area contributed by atoms with Crippen LogP contribution in [0.1, 0.15) is 93.2 Å². The molecule has 1 aliphatic heterocycles. The number of hydrogen-bond acceptors (Lipinski definition) is 15. The normalized spacial score (nSPS) is 30.0. The van der Waals surface area contributed by atoms with Gasteiger partial charge < -0.3 is 38.3 Å². The van der Waals surface area contributed by atoms with E-state index in [9.17, 15) is 33.9 Å². The largest absolute Gasteiger partial charge is 0.497 e. The van der Waals surface area contributed by atoms with Crippen molar-refractivity contribution in [2.75, 3.05) is 13.7 Å². The van der Waals surface area contributed by atoms with Crippen LogP contribution in [0.2, 0.25) is 0 Å². The Bertz CT molecular complexity index is 2490. The average molecular weight is 893 g/mol. The Kier molecular flexibility index (Phi) is 12.5. The molecule has 15 nitrogen and oxygen atoms in total. The van der Waals surface area contributed by atoms with Gasteiger partial charge in [-0.25, -0.2) is 9.59 Å². The molecule has 2 saturated carbocycles. The van der Waals surface area contributed by atoms with Crippen LogP contribution in [-0.4, -0.2) is 102 Å². The third-order valence-electron chi connectivity index (χ3n) is 13.6. The summed E-state index contributed by atoms with van der Waals surface area (Å²) in [5.74, 6) is -6.54. The van der Waals surface area contributed by atoms with Gasteiger partial charge in [0.2, 0.25) is 0 Å².